The van der Waals surface area contributed by atoms with Crippen LogP contribution in [0.1, 0.15) is 33.6 Å². The first-order valence-electron chi connectivity index (χ1n) is 6.88. The van der Waals surface area contributed by atoms with Gasteiger partial charge in [-0.2, -0.15) is 0 Å². The van der Waals surface area contributed by atoms with Gasteiger partial charge in [-0.15, -0.1) is 11.3 Å². The van der Waals surface area contributed by atoms with Crippen LogP contribution in [0.2, 0.25) is 0 Å². The number of hydrogen-bond acceptors (Lipinski definition) is 6. The minimum Gasteiger partial charge on any atom is -0.344 e. The average molecular weight is 303 g/mol. The molecule has 0 radical (unpaired) electrons. The third-order valence-corrected chi connectivity index (χ3v) is 4.57. The summed E-state index contributed by atoms with van der Waals surface area (Å²) in [5.74, 6) is 0.731. The standard InChI is InChI=1S/C14H17N5OS/c1-18(2)13(20)11-9-17-12(21-11)10-5-3-8-19(10)14-15-6-4-7-16-14/h4,6-7,9-10H,3,5,8H2,1-2H3/t10-/m1/s1. The Hall–Kier alpha value is -2.02. The summed E-state index contributed by atoms with van der Waals surface area (Å²) in [4.78, 5) is 29.5. The van der Waals surface area contributed by atoms with Gasteiger partial charge in [0.05, 0.1) is 12.2 Å². The zero-order valence-corrected chi connectivity index (χ0v) is 12.9. The number of aromatic nitrogens is 3. The fraction of sp³-hybridized carbons (Fsp3) is 0.429. The molecular weight excluding hydrogens is 286 g/mol. The highest BCUT2D eigenvalue weighted by Crippen LogP contribution is 2.36. The first-order chi connectivity index (χ1) is 10.2. The van der Waals surface area contributed by atoms with Crippen molar-refractivity contribution in [2.24, 2.45) is 0 Å². The molecule has 1 amide bonds. The first kappa shape index (κ1) is 13.9. The number of carbonyl (C=O) groups is 1. The van der Waals surface area contributed by atoms with E-state index in [1.807, 2.05) is 6.07 Å². The third-order valence-electron chi connectivity index (χ3n) is 3.49. The maximum absolute atomic E-state index is 12.0. The van der Waals surface area contributed by atoms with Crippen LogP contribution in [0.5, 0.6) is 0 Å². The molecule has 0 spiro atoms. The van der Waals surface area contributed by atoms with Crippen molar-refractivity contribution in [2.75, 3.05) is 25.5 Å². The Morgan fingerprint density at radius 3 is 2.81 bits per heavy atom. The second-order valence-corrected chi connectivity index (χ2v) is 6.22. The molecule has 2 aromatic rings. The Labute approximate surface area is 127 Å². The molecule has 3 heterocycles. The largest absolute Gasteiger partial charge is 0.344 e. The summed E-state index contributed by atoms with van der Waals surface area (Å²) in [5.41, 5.74) is 0. The number of anilines is 1. The van der Waals surface area contributed by atoms with Crippen molar-refractivity contribution in [1.29, 1.82) is 0 Å². The Morgan fingerprint density at radius 2 is 2.10 bits per heavy atom. The van der Waals surface area contributed by atoms with Gasteiger partial charge in [0.1, 0.15) is 9.88 Å². The van der Waals surface area contributed by atoms with Gasteiger partial charge < -0.3 is 9.80 Å². The number of amides is 1. The normalized spacial score (nSPS) is 18.0. The predicted molar refractivity (Wildman–Crippen MR) is 81.5 cm³/mol. The van der Waals surface area contributed by atoms with Gasteiger partial charge in [0.15, 0.2) is 0 Å². The molecule has 2 aromatic heterocycles. The minimum atomic E-state index is -0.000687. The van der Waals surface area contributed by atoms with Crippen molar-refractivity contribution in [3.05, 3.63) is 34.5 Å². The monoisotopic (exact) mass is 303 g/mol. The van der Waals surface area contributed by atoms with Gasteiger partial charge in [-0.3, -0.25) is 4.79 Å². The van der Waals surface area contributed by atoms with Gasteiger partial charge >= 0.3 is 0 Å². The highest BCUT2D eigenvalue weighted by Gasteiger charge is 2.30. The maximum atomic E-state index is 12.0. The van der Waals surface area contributed by atoms with Gasteiger partial charge in [-0.25, -0.2) is 15.0 Å². The van der Waals surface area contributed by atoms with Gasteiger partial charge in [-0.05, 0) is 18.9 Å². The third kappa shape index (κ3) is 2.73. The smallest absolute Gasteiger partial charge is 0.265 e. The van der Waals surface area contributed by atoms with E-state index < -0.39 is 0 Å². The summed E-state index contributed by atoms with van der Waals surface area (Å²) < 4.78 is 0. The molecular formula is C14H17N5OS. The molecule has 7 heteroatoms. The molecule has 3 rings (SSSR count). The van der Waals surface area contributed by atoms with Crippen molar-refractivity contribution in [3.8, 4) is 0 Å². The number of rotatable bonds is 3. The number of hydrogen-bond donors (Lipinski definition) is 0. The lowest BCUT2D eigenvalue weighted by atomic mass is 10.2. The quantitative estimate of drug-likeness (QED) is 0.867. The van der Waals surface area contributed by atoms with Crippen LogP contribution in [0, 0.1) is 0 Å². The zero-order chi connectivity index (χ0) is 14.8. The summed E-state index contributed by atoms with van der Waals surface area (Å²) in [7, 11) is 3.50. The summed E-state index contributed by atoms with van der Waals surface area (Å²) >= 11 is 1.47. The van der Waals surface area contributed by atoms with Crippen LogP contribution in [0.25, 0.3) is 0 Å². The van der Waals surface area contributed by atoms with Crippen LogP contribution in [0.15, 0.2) is 24.7 Å². The highest BCUT2D eigenvalue weighted by molar-refractivity contribution is 7.13. The molecule has 0 bridgehead atoms. The van der Waals surface area contributed by atoms with Crippen molar-refractivity contribution in [3.63, 3.8) is 0 Å². The summed E-state index contributed by atoms with van der Waals surface area (Å²) in [5, 5.41) is 0.963. The summed E-state index contributed by atoms with van der Waals surface area (Å²) in [6.45, 7) is 0.922. The Bertz CT molecular complexity index is 627. The highest BCUT2D eigenvalue weighted by atomic mass is 32.1. The Morgan fingerprint density at radius 1 is 1.33 bits per heavy atom. The summed E-state index contributed by atoms with van der Waals surface area (Å²) in [6, 6.07) is 1.98. The van der Waals surface area contributed by atoms with Gasteiger partial charge in [-0.1, -0.05) is 0 Å². The SMILES string of the molecule is CN(C)C(=O)c1cnc([C@H]2CCCN2c2ncccn2)s1. The van der Waals surface area contributed by atoms with Crippen LogP contribution in [-0.2, 0) is 0 Å². The van der Waals surface area contributed by atoms with Crippen molar-refractivity contribution in [2.45, 2.75) is 18.9 Å². The lowest BCUT2D eigenvalue weighted by molar-refractivity contribution is 0.0832. The molecule has 1 aliphatic rings. The van der Waals surface area contributed by atoms with E-state index in [0.29, 0.717) is 4.88 Å². The Kier molecular flexibility index (Phi) is 3.83. The molecule has 1 atom stereocenters. The van der Waals surface area contributed by atoms with Crippen LogP contribution >= 0.6 is 11.3 Å². The van der Waals surface area contributed by atoms with E-state index in [0.717, 1.165) is 30.3 Å². The number of nitrogens with zero attached hydrogens (tertiary/aromatic N) is 5. The summed E-state index contributed by atoms with van der Waals surface area (Å²) in [6.07, 6.45) is 7.27. The van der Waals surface area contributed by atoms with E-state index in [2.05, 4.69) is 19.9 Å². The zero-order valence-electron chi connectivity index (χ0n) is 12.1. The second kappa shape index (κ2) is 5.77. The Balaban J connectivity index is 1.84. The van der Waals surface area contributed by atoms with Gasteiger partial charge in [0.25, 0.3) is 5.91 Å². The van der Waals surface area contributed by atoms with Crippen LogP contribution in [0.3, 0.4) is 0 Å². The van der Waals surface area contributed by atoms with E-state index in [4.69, 9.17) is 0 Å². The van der Waals surface area contributed by atoms with E-state index in [1.54, 1.807) is 37.6 Å². The van der Waals surface area contributed by atoms with Crippen molar-refractivity contribution < 1.29 is 4.79 Å². The maximum Gasteiger partial charge on any atom is 0.265 e. The van der Waals surface area contributed by atoms with E-state index >= 15 is 0 Å². The molecule has 0 unspecified atom stereocenters. The number of thiazole rings is 1. The molecule has 1 fully saturated rings. The van der Waals surface area contributed by atoms with Crippen molar-refractivity contribution >= 4 is 23.2 Å². The molecule has 0 aromatic carbocycles. The van der Waals surface area contributed by atoms with E-state index in [1.165, 1.54) is 11.3 Å². The molecule has 6 nitrogen and oxygen atoms in total. The fourth-order valence-corrected chi connectivity index (χ4v) is 3.55. The van der Waals surface area contributed by atoms with Crippen molar-refractivity contribution in [1.82, 2.24) is 19.9 Å². The van der Waals surface area contributed by atoms with E-state index in [-0.39, 0.29) is 11.9 Å². The minimum absolute atomic E-state index is 0.000687. The van der Waals surface area contributed by atoms with Crippen LogP contribution < -0.4 is 4.90 Å². The van der Waals surface area contributed by atoms with Crippen LogP contribution in [-0.4, -0.2) is 46.4 Å². The lowest BCUT2D eigenvalue weighted by Crippen LogP contribution is -2.24. The lowest BCUT2D eigenvalue weighted by Gasteiger charge is -2.22. The molecule has 110 valence electrons. The molecule has 1 aliphatic heterocycles. The average Bonchev–Trinajstić information content (AvgIpc) is 3.16. The molecule has 0 N–H and O–H groups in total. The van der Waals surface area contributed by atoms with E-state index in [9.17, 15) is 4.79 Å². The molecule has 0 aliphatic carbocycles. The first-order valence-corrected chi connectivity index (χ1v) is 7.69. The number of carbonyl (C=O) groups excluding carboxylic acids is 1. The van der Waals surface area contributed by atoms with Gasteiger partial charge in [0, 0.05) is 33.0 Å². The molecule has 21 heavy (non-hydrogen) atoms. The van der Waals surface area contributed by atoms with Crippen LogP contribution in [0.4, 0.5) is 5.95 Å². The fourth-order valence-electron chi connectivity index (χ4n) is 2.46. The molecule has 0 saturated carbocycles. The second-order valence-electron chi connectivity index (χ2n) is 5.16. The predicted octanol–water partition coefficient (Wildman–Crippen LogP) is 1.98. The topological polar surface area (TPSA) is 62.2 Å². The van der Waals surface area contributed by atoms with Gasteiger partial charge in [0.2, 0.25) is 5.95 Å². The molecule has 1 saturated heterocycles.